The summed E-state index contributed by atoms with van der Waals surface area (Å²) in [6, 6.07) is 0. The van der Waals surface area contributed by atoms with Crippen LogP contribution in [0.15, 0.2) is 0 Å². The molecule has 2 atom stereocenters. The number of thioether (sulfide) groups is 1. The first-order valence-corrected chi connectivity index (χ1v) is 7.72. The molecule has 4 heteroatoms. The van der Waals surface area contributed by atoms with E-state index in [9.17, 15) is 4.79 Å². The van der Waals surface area contributed by atoms with Gasteiger partial charge in [-0.1, -0.05) is 0 Å². The molecule has 2 saturated heterocycles. The van der Waals surface area contributed by atoms with Crippen LogP contribution in [0.1, 0.15) is 19.3 Å². The summed E-state index contributed by atoms with van der Waals surface area (Å²) in [6.07, 6.45) is 3.73. The minimum atomic E-state index is -0.000207. The molecular formula is C13H23NO2S. The smallest absolute Gasteiger partial charge is 0.310 e. The van der Waals surface area contributed by atoms with Crippen molar-refractivity contribution in [3.8, 4) is 0 Å². The zero-order valence-electron chi connectivity index (χ0n) is 10.9. The van der Waals surface area contributed by atoms with Crippen molar-refractivity contribution in [3.63, 3.8) is 0 Å². The minimum Gasteiger partial charge on any atom is -0.469 e. The Balaban J connectivity index is 2.03. The number of carbonyl (C=O) groups excluding carboxylic acids is 1. The van der Waals surface area contributed by atoms with Crippen molar-refractivity contribution >= 4 is 17.7 Å². The lowest BCUT2D eigenvalue weighted by Gasteiger charge is -2.40. The molecule has 2 rings (SSSR count). The van der Waals surface area contributed by atoms with E-state index in [1.807, 2.05) is 0 Å². The first-order valence-electron chi connectivity index (χ1n) is 6.56. The standard InChI is InChI=1S/C13H23NO2S/c1-14-6-3-11(10-4-7-17-8-5-10)12(9-14)13(15)16-2/h10-12H,3-9H2,1-2H3. The summed E-state index contributed by atoms with van der Waals surface area (Å²) in [6.45, 7) is 2.00. The average Bonchev–Trinajstić information content (AvgIpc) is 2.38. The fraction of sp³-hybridized carbons (Fsp3) is 0.923. The first-order chi connectivity index (χ1) is 8.22. The van der Waals surface area contributed by atoms with Crippen LogP contribution in [-0.4, -0.2) is 49.6 Å². The van der Waals surface area contributed by atoms with E-state index in [0.29, 0.717) is 5.92 Å². The number of rotatable bonds is 2. The Morgan fingerprint density at radius 2 is 2.00 bits per heavy atom. The molecule has 2 unspecified atom stereocenters. The van der Waals surface area contributed by atoms with Gasteiger partial charge in [0.1, 0.15) is 0 Å². The van der Waals surface area contributed by atoms with E-state index in [1.165, 1.54) is 31.5 Å². The van der Waals surface area contributed by atoms with Gasteiger partial charge in [-0.15, -0.1) is 0 Å². The molecule has 2 heterocycles. The molecule has 0 aromatic rings. The number of piperidine rings is 1. The van der Waals surface area contributed by atoms with Crippen LogP contribution in [-0.2, 0) is 9.53 Å². The molecular weight excluding hydrogens is 234 g/mol. The number of hydrogen-bond acceptors (Lipinski definition) is 4. The Morgan fingerprint density at radius 3 is 2.65 bits per heavy atom. The largest absolute Gasteiger partial charge is 0.469 e. The van der Waals surface area contributed by atoms with E-state index >= 15 is 0 Å². The topological polar surface area (TPSA) is 29.5 Å². The second-order valence-corrected chi connectivity index (χ2v) is 6.52. The molecule has 0 radical (unpaired) electrons. The van der Waals surface area contributed by atoms with Crippen LogP contribution < -0.4 is 0 Å². The first kappa shape index (κ1) is 13.2. The van der Waals surface area contributed by atoms with Gasteiger partial charge in [-0.2, -0.15) is 11.8 Å². The molecule has 0 saturated carbocycles. The second kappa shape index (κ2) is 6.10. The molecule has 98 valence electrons. The predicted molar refractivity (Wildman–Crippen MR) is 71.2 cm³/mol. The molecule has 3 nitrogen and oxygen atoms in total. The summed E-state index contributed by atoms with van der Waals surface area (Å²) in [5.41, 5.74) is 0. The molecule has 17 heavy (non-hydrogen) atoms. The van der Waals surface area contributed by atoms with Crippen molar-refractivity contribution in [2.75, 3.05) is 38.8 Å². The van der Waals surface area contributed by atoms with Gasteiger partial charge in [0.15, 0.2) is 0 Å². The summed E-state index contributed by atoms with van der Waals surface area (Å²) < 4.78 is 4.99. The number of esters is 1. The quantitative estimate of drug-likeness (QED) is 0.706. The Labute approximate surface area is 108 Å². The average molecular weight is 257 g/mol. The molecule has 2 aliphatic heterocycles. The van der Waals surface area contributed by atoms with Gasteiger partial charge in [-0.3, -0.25) is 4.79 Å². The van der Waals surface area contributed by atoms with Crippen molar-refractivity contribution in [2.24, 2.45) is 17.8 Å². The van der Waals surface area contributed by atoms with Gasteiger partial charge < -0.3 is 9.64 Å². The van der Waals surface area contributed by atoms with E-state index in [-0.39, 0.29) is 11.9 Å². The maximum absolute atomic E-state index is 11.9. The molecule has 0 bridgehead atoms. The molecule has 2 aliphatic rings. The van der Waals surface area contributed by atoms with Crippen molar-refractivity contribution in [3.05, 3.63) is 0 Å². The summed E-state index contributed by atoms with van der Waals surface area (Å²) >= 11 is 2.05. The Kier molecular flexibility index (Phi) is 4.74. The maximum Gasteiger partial charge on any atom is 0.310 e. The van der Waals surface area contributed by atoms with Crippen molar-refractivity contribution in [1.29, 1.82) is 0 Å². The van der Waals surface area contributed by atoms with E-state index in [1.54, 1.807) is 0 Å². The van der Waals surface area contributed by atoms with Gasteiger partial charge in [0.05, 0.1) is 13.0 Å². The van der Waals surface area contributed by atoms with E-state index in [2.05, 4.69) is 23.7 Å². The lowest BCUT2D eigenvalue weighted by atomic mass is 9.74. The van der Waals surface area contributed by atoms with Crippen LogP contribution >= 0.6 is 11.8 Å². The molecule has 0 aromatic heterocycles. The molecule has 0 amide bonds. The van der Waals surface area contributed by atoms with Crippen LogP contribution in [0.3, 0.4) is 0 Å². The molecule has 0 N–H and O–H groups in total. The van der Waals surface area contributed by atoms with Gasteiger partial charge in [-0.25, -0.2) is 0 Å². The predicted octanol–water partition coefficient (Wildman–Crippen LogP) is 1.87. The zero-order valence-corrected chi connectivity index (χ0v) is 11.7. The van der Waals surface area contributed by atoms with Crippen LogP contribution in [0.4, 0.5) is 0 Å². The third-order valence-electron chi connectivity index (χ3n) is 4.24. The molecule has 0 aromatic carbocycles. The number of ether oxygens (including phenoxy) is 1. The number of hydrogen-bond donors (Lipinski definition) is 0. The van der Waals surface area contributed by atoms with Gasteiger partial charge in [0.2, 0.25) is 0 Å². The fourth-order valence-electron chi connectivity index (χ4n) is 3.24. The SMILES string of the molecule is COC(=O)C1CN(C)CCC1C1CCSCC1. The highest BCUT2D eigenvalue weighted by Gasteiger charge is 2.38. The number of methoxy groups -OCH3 is 1. The Hall–Kier alpha value is -0.220. The lowest BCUT2D eigenvalue weighted by Crippen LogP contribution is -2.45. The summed E-state index contributed by atoms with van der Waals surface area (Å²) in [5.74, 6) is 3.94. The van der Waals surface area contributed by atoms with Gasteiger partial charge >= 0.3 is 5.97 Å². The lowest BCUT2D eigenvalue weighted by molar-refractivity contribution is -0.150. The Morgan fingerprint density at radius 1 is 1.29 bits per heavy atom. The minimum absolute atomic E-state index is 0.000207. The molecule has 0 aliphatic carbocycles. The van der Waals surface area contributed by atoms with E-state index in [4.69, 9.17) is 4.74 Å². The highest BCUT2D eigenvalue weighted by molar-refractivity contribution is 7.99. The fourth-order valence-corrected chi connectivity index (χ4v) is 4.38. The van der Waals surface area contributed by atoms with Crippen molar-refractivity contribution < 1.29 is 9.53 Å². The highest BCUT2D eigenvalue weighted by atomic mass is 32.2. The van der Waals surface area contributed by atoms with E-state index in [0.717, 1.165) is 25.4 Å². The zero-order chi connectivity index (χ0) is 12.3. The van der Waals surface area contributed by atoms with E-state index < -0.39 is 0 Å². The van der Waals surface area contributed by atoms with Gasteiger partial charge in [-0.05, 0) is 56.2 Å². The third-order valence-corrected chi connectivity index (χ3v) is 5.29. The monoisotopic (exact) mass is 257 g/mol. The summed E-state index contributed by atoms with van der Waals surface area (Å²) in [4.78, 5) is 14.2. The van der Waals surface area contributed by atoms with Crippen LogP contribution in [0.2, 0.25) is 0 Å². The molecule has 0 spiro atoms. The highest BCUT2D eigenvalue weighted by Crippen LogP contribution is 2.37. The number of likely N-dealkylation sites (tertiary alicyclic amines) is 1. The second-order valence-electron chi connectivity index (χ2n) is 5.29. The van der Waals surface area contributed by atoms with Crippen molar-refractivity contribution in [1.82, 2.24) is 4.90 Å². The summed E-state index contributed by atoms with van der Waals surface area (Å²) in [5, 5.41) is 0. The van der Waals surface area contributed by atoms with Gasteiger partial charge in [0.25, 0.3) is 0 Å². The van der Waals surface area contributed by atoms with Crippen LogP contribution in [0.5, 0.6) is 0 Å². The maximum atomic E-state index is 11.9. The number of nitrogens with zero attached hydrogens (tertiary/aromatic N) is 1. The van der Waals surface area contributed by atoms with Crippen LogP contribution in [0, 0.1) is 17.8 Å². The Bertz CT molecular complexity index is 266. The third kappa shape index (κ3) is 3.16. The summed E-state index contributed by atoms with van der Waals surface area (Å²) in [7, 11) is 3.62. The van der Waals surface area contributed by atoms with Crippen LogP contribution in [0.25, 0.3) is 0 Å². The van der Waals surface area contributed by atoms with Gasteiger partial charge in [0, 0.05) is 6.54 Å². The van der Waals surface area contributed by atoms with Crippen molar-refractivity contribution in [2.45, 2.75) is 19.3 Å². The normalized spacial score (nSPS) is 32.4. The number of carbonyl (C=O) groups is 1. The molecule has 2 fully saturated rings.